The topological polar surface area (TPSA) is 57.6 Å². The van der Waals surface area contributed by atoms with E-state index in [-0.39, 0.29) is 17.7 Å². The highest BCUT2D eigenvalue weighted by Crippen LogP contribution is 2.35. The molecule has 0 aromatic heterocycles. The fraction of sp³-hybridized carbons (Fsp3) is 0.882. The van der Waals surface area contributed by atoms with Gasteiger partial charge in [-0.3, -0.25) is 9.59 Å². The molecule has 1 saturated carbocycles. The summed E-state index contributed by atoms with van der Waals surface area (Å²) in [6, 6.07) is 0. The summed E-state index contributed by atoms with van der Waals surface area (Å²) in [6.07, 6.45) is 8.69. The van der Waals surface area contributed by atoms with Crippen molar-refractivity contribution in [1.82, 2.24) is 4.90 Å². The molecule has 0 unspecified atom stereocenters. The van der Waals surface area contributed by atoms with E-state index in [2.05, 4.69) is 0 Å². The molecule has 21 heavy (non-hydrogen) atoms. The number of piperidine rings is 1. The fourth-order valence-corrected chi connectivity index (χ4v) is 3.73. The molecule has 2 rings (SSSR count). The molecule has 2 fully saturated rings. The normalized spacial score (nSPS) is 25.4. The van der Waals surface area contributed by atoms with Gasteiger partial charge in [0, 0.05) is 19.0 Å². The maximum Gasteiger partial charge on any atom is 0.309 e. The van der Waals surface area contributed by atoms with Gasteiger partial charge in [-0.2, -0.15) is 0 Å². The Labute approximate surface area is 127 Å². The van der Waals surface area contributed by atoms with E-state index < -0.39 is 11.4 Å². The third-order valence-electron chi connectivity index (χ3n) is 5.51. The molecule has 0 radical (unpaired) electrons. The average molecular weight is 295 g/mol. The first-order valence-corrected chi connectivity index (χ1v) is 8.45. The summed E-state index contributed by atoms with van der Waals surface area (Å²) in [4.78, 5) is 26.1. The lowest BCUT2D eigenvalue weighted by molar-refractivity contribution is -0.153. The van der Waals surface area contributed by atoms with Crippen molar-refractivity contribution in [3.05, 3.63) is 0 Å². The smallest absolute Gasteiger partial charge is 0.309 e. The number of rotatable bonds is 3. The number of carbonyl (C=O) groups is 2. The predicted molar refractivity (Wildman–Crippen MR) is 81.9 cm³/mol. The van der Waals surface area contributed by atoms with Crippen LogP contribution in [0.3, 0.4) is 0 Å². The van der Waals surface area contributed by atoms with E-state index in [1.165, 1.54) is 12.8 Å². The number of aliphatic carboxylic acids is 1. The van der Waals surface area contributed by atoms with Crippen LogP contribution < -0.4 is 0 Å². The number of carboxylic acids is 1. The Kier molecular flexibility index (Phi) is 5.28. The molecule has 0 bridgehead atoms. The van der Waals surface area contributed by atoms with Crippen LogP contribution in [0.1, 0.15) is 65.2 Å². The number of amides is 1. The van der Waals surface area contributed by atoms with Crippen molar-refractivity contribution in [1.29, 1.82) is 0 Å². The van der Waals surface area contributed by atoms with Gasteiger partial charge in [-0.25, -0.2) is 0 Å². The Hall–Kier alpha value is -1.06. The number of hydrogen-bond donors (Lipinski definition) is 1. The summed E-state index contributed by atoms with van der Waals surface area (Å²) in [6.45, 7) is 5.01. The highest BCUT2D eigenvalue weighted by Gasteiger charge is 2.40. The summed E-state index contributed by atoms with van der Waals surface area (Å²) in [5.74, 6) is -0.225. The molecule has 1 aliphatic heterocycles. The zero-order valence-corrected chi connectivity index (χ0v) is 13.4. The molecule has 0 aromatic carbocycles. The third kappa shape index (κ3) is 3.78. The molecule has 1 heterocycles. The summed E-state index contributed by atoms with van der Waals surface area (Å²) in [5.41, 5.74) is -0.748. The molecule has 4 heteroatoms. The highest BCUT2D eigenvalue weighted by molar-refractivity contribution is 5.79. The number of hydrogen-bond acceptors (Lipinski definition) is 2. The standard InChI is InChI=1S/C17H29NO3/c1-17(2,16(20)21)14-10-7-11-18(12-14)15(19)13-8-5-3-4-6-9-13/h13-14H,3-12H2,1-2H3,(H,20,21)/t14-/m0/s1. The monoisotopic (exact) mass is 295 g/mol. The zero-order chi connectivity index (χ0) is 15.5. The Morgan fingerprint density at radius 3 is 2.19 bits per heavy atom. The van der Waals surface area contributed by atoms with Gasteiger partial charge in [-0.15, -0.1) is 0 Å². The van der Waals surface area contributed by atoms with Crippen LogP contribution in [0.4, 0.5) is 0 Å². The van der Waals surface area contributed by atoms with Crippen molar-refractivity contribution < 1.29 is 14.7 Å². The third-order valence-corrected chi connectivity index (χ3v) is 5.51. The van der Waals surface area contributed by atoms with Crippen LogP contribution in [0.25, 0.3) is 0 Å². The van der Waals surface area contributed by atoms with Gasteiger partial charge in [0.15, 0.2) is 0 Å². The van der Waals surface area contributed by atoms with Crippen LogP contribution in [0.2, 0.25) is 0 Å². The maximum atomic E-state index is 12.7. The van der Waals surface area contributed by atoms with Crippen molar-refractivity contribution in [2.45, 2.75) is 65.2 Å². The largest absolute Gasteiger partial charge is 0.481 e. The minimum atomic E-state index is -0.753. The van der Waals surface area contributed by atoms with E-state index in [1.807, 2.05) is 4.90 Å². The lowest BCUT2D eigenvalue weighted by Gasteiger charge is -2.40. The molecule has 1 amide bonds. The van der Waals surface area contributed by atoms with E-state index >= 15 is 0 Å². The Morgan fingerprint density at radius 1 is 1.00 bits per heavy atom. The van der Waals surface area contributed by atoms with Crippen molar-refractivity contribution >= 4 is 11.9 Å². The van der Waals surface area contributed by atoms with Crippen LogP contribution in [0.5, 0.6) is 0 Å². The SMILES string of the molecule is CC(C)(C(=O)O)[C@H]1CCCN(C(=O)C2CCCCCC2)C1. The molecule has 0 spiro atoms. The van der Waals surface area contributed by atoms with Gasteiger partial charge in [0.2, 0.25) is 5.91 Å². The first-order chi connectivity index (χ1) is 9.93. The van der Waals surface area contributed by atoms with Gasteiger partial charge in [0.1, 0.15) is 0 Å². The minimum Gasteiger partial charge on any atom is -0.481 e. The van der Waals surface area contributed by atoms with E-state index in [0.29, 0.717) is 6.54 Å². The van der Waals surface area contributed by atoms with E-state index in [0.717, 1.165) is 45.1 Å². The summed E-state index contributed by atoms with van der Waals surface area (Å²) in [7, 11) is 0. The van der Waals surface area contributed by atoms with Gasteiger partial charge in [-0.05, 0) is 45.4 Å². The summed E-state index contributed by atoms with van der Waals surface area (Å²) in [5, 5.41) is 9.40. The van der Waals surface area contributed by atoms with Crippen LogP contribution in [-0.2, 0) is 9.59 Å². The summed E-state index contributed by atoms with van der Waals surface area (Å²) < 4.78 is 0. The molecular formula is C17H29NO3. The predicted octanol–water partition coefficient (Wildman–Crippen LogP) is 3.31. The molecule has 0 aromatic rings. The second kappa shape index (κ2) is 6.80. The number of nitrogens with zero attached hydrogens (tertiary/aromatic N) is 1. The van der Waals surface area contributed by atoms with Crippen molar-refractivity contribution in [2.75, 3.05) is 13.1 Å². The van der Waals surface area contributed by atoms with Gasteiger partial charge in [0.05, 0.1) is 5.41 Å². The molecule has 4 nitrogen and oxygen atoms in total. The van der Waals surface area contributed by atoms with E-state index in [4.69, 9.17) is 0 Å². The molecule has 2 aliphatic rings. The molecule has 1 aliphatic carbocycles. The fourth-order valence-electron chi connectivity index (χ4n) is 3.73. The van der Waals surface area contributed by atoms with E-state index in [9.17, 15) is 14.7 Å². The molecular weight excluding hydrogens is 266 g/mol. The van der Waals surface area contributed by atoms with Crippen LogP contribution >= 0.6 is 0 Å². The zero-order valence-electron chi connectivity index (χ0n) is 13.4. The van der Waals surface area contributed by atoms with Crippen molar-refractivity contribution in [3.8, 4) is 0 Å². The Bertz CT molecular complexity index is 383. The van der Waals surface area contributed by atoms with Gasteiger partial charge < -0.3 is 10.0 Å². The second-order valence-electron chi connectivity index (χ2n) is 7.34. The first-order valence-electron chi connectivity index (χ1n) is 8.45. The van der Waals surface area contributed by atoms with Crippen molar-refractivity contribution in [3.63, 3.8) is 0 Å². The average Bonchev–Trinajstić information content (AvgIpc) is 2.75. The Morgan fingerprint density at radius 2 is 1.62 bits per heavy atom. The van der Waals surface area contributed by atoms with Gasteiger partial charge in [-0.1, -0.05) is 25.7 Å². The second-order valence-corrected chi connectivity index (χ2v) is 7.34. The number of carbonyl (C=O) groups excluding carboxylic acids is 1. The molecule has 1 atom stereocenters. The van der Waals surface area contributed by atoms with Gasteiger partial charge in [0.25, 0.3) is 0 Å². The number of likely N-dealkylation sites (tertiary alicyclic amines) is 1. The van der Waals surface area contributed by atoms with Crippen LogP contribution in [0.15, 0.2) is 0 Å². The molecule has 120 valence electrons. The minimum absolute atomic E-state index is 0.0680. The number of carboxylic acid groups (broad SMARTS) is 1. The van der Waals surface area contributed by atoms with Gasteiger partial charge >= 0.3 is 5.97 Å². The molecule has 1 saturated heterocycles. The Balaban J connectivity index is 1.99. The van der Waals surface area contributed by atoms with E-state index in [1.54, 1.807) is 13.8 Å². The lowest BCUT2D eigenvalue weighted by atomic mass is 9.74. The van der Waals surface area contributed by atoms with Crippen LogP contribution in [-0.4, -0.2) is 35.0 Å². The highest BCUT2D eigenvalue weighted by atomic mass is 16.4. The maximum absolute atomic E-state index is 12.7. The molecule has 1 N–H and O–H groups in total. The van der Waals surface area contributed by atoms with Crippen molar-refractivity contribution in [2.24, 2.45) is 17.3 Å². The first kappa shape index (κ1) is 16.3. The lowest BCUT2D eigenvalue weighted by Crippen LogP contribution is -2.48. The quantitative estimate of drug-likeness (QED) is 0.813. The van der Waals surface area contributed by atoms with Crippen LogP contribution in [0, 0.1) is 17.3 Å². The summed E-state index contributed by atoms with van der Waals surface area (Å²) >= 11 is 0.